The Morgan fingerprint density at radius 2 is 2.00 bits per heavy atom. The molecule has 0 radical (unpaired) electrons. The summed E-state index contributed by atoms with van der Waals surface area (Å²) in [6.07, 6.45) is 3.46. The van der Waals surface area contributed by atoms with Crippen LogP contribution >= 0.6 is 15.9 Å². The first-order valence-corrected chi connectivity index (χ1v) is 5.43. The number of para-hydroxylation sites is 1. The van der Waals surface area contributed by atoms with Crippen molar-refractivity contribution < 1.29 is 0 Å². The van der Waals surface area contributed by atoms with E-state index in [2.05, 4.69) is 26.1 Å². The third-order valence-corrected chi connectivity index (χ3v) is 1.76. The van der Waals surface area contributed by atoms with E-state index in [-0.39, 0.29) is 0 Å². The number of hydrogen-bond acceptors (Lipinski definition) is 3. The minimum absolute atomic E-state index is 0.718. The van der Waals surface area contributed by atoms with Gasteiger partial charge in [-0.3, -0.25) is 0 Å². The average molecular weight is 254 g/mol. The average Bonchev–Trinajstić information content (AvgIpc) is 2.25. The van der Waals surface area contributed by atoms with Gasteiger partial charge in [-0.1, -0.05) is 34.1 Å². The molecule has 1 rings (SSSR count). The van der Waals surface area contributed by atoms with E-state index < -0.39 is 0 Å². The molecular weight excluding hydrogens is 242 g/mol. The first-order valence-electron chi connectivity index (χ1n) is 4.30. The summed E-state index contributed by atoms with van der Waals surface area (Å²) in [6, 6.07) is 9.79. The van der Waals surface area contributed by atoms with E-state index >= 15 is 0 Å². The second-order valence-electron chi connectivity index (χ2n) is 2.45. The largest absolute Gasteiger partial charge is 0.163 e. The number of benzene rings is 1. The van der Waals surface area contributed by atoms with E-state index in [1.54, 1.807) is 17.5 Å². The summed E-state index contributed by atoms with van der Waals surface area (Å²) in [4.78, 5) is 0. The number of alkyl halides is 1. The molecule has 0 aromatic heterocycles. The third kappa shape index (κ3) is 3.30. The van der Waals surface area contributed by atoms with Crippen molar-refractivity contribution in [2.24, 2.45) is 10.2 Å². The Morgan fingerprint density at radius 3 is 2.57 bits per heavy atom. The van der Waals surface area contributed by atoms with E-state index in [1.807, 2.05) is 37.3 Å². The van der Waals surface area contributed by atoms with E-state index in [0.717, 1.165) is 11.0 Å². The van der Waals surface area contributed by atoms with Crippen molar-refractivity contribution in [3.8, 4) is 0 Å². The number of anilines is 1. The summed E-state index contributed by atoms with van der Waals surface area (Å²) in [5.41, 5.74) is 0.947. The topological polar surface area (TPSA) is 28.0 Å². The van der Waals surface area contributed by atoms with Crippen LogP contribution in [0.25, 0.3) is 0 Å². The van der Waals surface area contributed by atoms with Crippen LogP contribution in [-0.2, 0) is 0 Å². The van der Waals surface area contributed by atoms with Crippen LogP contribution in [0.2, 0.25) is 0 Å². The minimum Gasteiger partial charge on any atom is -0.163 e. The second-order valence-corrected chi connectivity index (χ2v) is 3.10. The van der Waals surface area contributed by atoms with Crippen LogP contribution in [0.1, 0.15) is 6.92 Å². The van der Waals surface area contributed by atoms with E-state index in [0.29, 0.717) is 0 Å². The molecule has 0 heterocycles. The number of rotatable bonds is 4. The molecule has 14 heavy (non-hydrogen) atoms. The summed E-state index contributed by atoms with van der Waals surface area (Å²) in [5.74, 6) is 0. The fraction of sp³-hybridized carbons (Fsp3) is 0.200. The van der Waals surface area contributed by atoms with Gasteiger partial charge in [0.2, 0.25) is 0 Å². The smallest absolute Gasteiger partial charge is 0.0856 e. The van der Waals surface area contributed by atoms with Gasteiger partial charge in [0, 0.05) is 17.8 Å². The SMILES string of the molecule is C/C=N/N(/N=C/CBr)c1ccccc1. The number of hydrazone groups is 2. The Hall–Kier alpha value is -1.16. The van der Waals surface area contributed by atoms with Crippen molar-refractivity contribution in [2.75, 3.05) is 10.4 Å². The lowest BCUT2D eigenvalue weighted by Crippen LogP contribution is -2.08. The van der Waals surface area contributed by atoms with Crippen molar-refractivity contribution in [3.63, 3.8) is 0 Å². The van der Waals surface area contributed by atoms with Gasteiger partial charge in [0.15, 0.2) is 0 Å². The summed E-state index contributed by atoms with van der Waals surface area (Å²) in [5, 5.41) is 10.6. The van der Waals surface area contributed by atoms with Crippen molar-refractivity contribution >= 4 is 34.0 Å². The molecule has 0 aliphatic rings. The van der Waals surface area contributed by atoms with E-state index in [9.17, 15) is 0 Å². The quantitative estimate of drug-likeness (QED) is 0.461. The predicted molar refractivity (Wildman–Crippen MR) is 65.4 cm³/mol. The highest BCUT2D eigenvalue weighted by Gasteiger charge is 1.98. The molecule has 0 atom stereocenters. The lowest BCUT2D eigenvalue weighted by molar-refractivity contribution is 0.935. The summed E-state index contributed by atoms with van der Waals surface area (Å²) >= 11 is 3.27. The maximum atomic E-state index is 4.17. The fourth-order valence-electron chi connectivity index (χ4n) is 0.942. The Kier molecular flexibility index (Phi) is 4.93. The molecule has 1 aromatic carbocycles. The van der Waals surface area contributed by atoms with Gasteiger partial charge in [0.1, 0.15) is 0 Å². The monoisotopic (exact) mass is 253 g/mol. The van der Waals surface area contributed by atoms with E-state index in [1.165, 1.54) is 0 Å². The van der Waals surface area contributed by atoms with Gasteiger partial charge in [0.25, 0.3) is 0 Å². The molecule has 0 aliphatic heterocycles. The Balaban J connectivity index is 2.83. The van der Waals surface area contributed by atoms with Gasteiger partial charge in [-0.25, -0.2) is 0 Å². The first kappa shape index (κ1) is 10.9. The van der Waals surface area contributed by atoms with Crippen molar-refractivity contribution in [1.29, 1.82) is 0 Å². The van der Waals surface area contributed by atoms with Crippen molar-refractivity contribution in [2.45, 2.75) is 6.92 Å². The lowest BCUT2D eigenvalue weighted by atomic mass is 10.3. The molecule has 0 saturated heterocycles. The zero-order valence-corrected chi connectivity index (χ0v) is 9.55. The molecule has 0 N–H and O–H groups in total. The second kappa shape index (κ2) is 6.32. The summed E-state index contributed by atoms with van der Waals surface area (Å²) < 4.78 is 0. The molecule has 0 spiro atoms. The van der Waals surface area contributed by atoms with Gasteiger partial charge >= 0.3 is 0 Å². The molecule has 74 valence electrons. The van der Waals surface area contributed by atoms with Crippen LogP contribution in [0.4, 0.5) is 5.69 Å². The molecule has 0 amide bonds. The van der Waals surface area contributed by atoms with Crippen LogP contribution in [0.15, 0.2) is 40.5 Å². The van der Waals surface area contributed by atoms with Crippen molar-refractivity contribution in [1.82, 2.24) is 0 Å². The fourth-order valence-corrected chi connectivity index (χ4v) is 1.07. The molecule has 4 heteroatoms. The first-order chi connectivity index (χ1) is 6.88. The Labute approximate surface area is 92.2 Å². The molecular formula is C10H12BrN3. The van der Waals surface area contributed by atoms with Crippen LogP contribution in [0, 0.1) is 0 Å². The van der Waals surface area contributed by atoms with Gasteiger partial charge in [-0.05, 0) is 19.1 Å². The maximum absolute atomic E-state index is 4.17. The number of hydrogen-bond donors (Lipinski definition) is 0. The normalized spacial score (nSPS) is 11.3. The molecule has 3 nitrogen and oxygen atoms in total. The molecule has 1 aromatic rings. The molecule has 0 saturated carbocycles. The highest BCUT2D eigenvalue weighted by molar-refractivity contribution is 9.09. The van der Waals surface area contributed by atoms with Gasteiger partial charge in [-0.15, -0.1) is 0 Å². The Morgan fingerprint density at radius 1 is 1.29 bits per heavy atom. The van der Waals surface area contributed by atoms with Crippen molar-refractivity contribution in [3.05, 3.63) is 30.3 Å². The summed E-state index contributed by atoms with van der Waals surface area (Å²) in [7, 11) is 0. The summed E-state index contributed by atoms with van der Waals surface area (Å²) in [6.45, 7) is 1.86. The minimum atomic E-state index is 0.718. The highest BCUT2D eigenvalue weighted by atomic mass is 79.9. The molecule has 0 unspecified atom stereocenters. The molecule has 0 bridgehead atoms. The standard InChI is InChI=1S/C10H12BrN3/c1-2-12-14(13-9-8-11)10-6-4-3-5-7-10/h2-7,9H,8H2,1H3/b12-2+,13-9+. The molecule has 0 aliphatic carbocycles. The van der Waals surface area contributed by atoms with E-state index in [4.69, 9.17) is 0 Å². The lowest BCUT2D eigenvalue weighted by Gasteiger charge is -2.11. The van der Waals surface area contributed by atoms with Crippen LogP contribution in [0.3, 0.4) is 0 Å². The predicted octanol–water partition coefficient (Wildman–Crippen LogP) is 2.88. The maximum Gasteiger partial charge on any atom is 0.0856 e. The van der Waals surface area contributed by atoms with Gasteiger partial charge < -0.3 is 0 Å². The zero-order valence-electron chi connectivity index (χ0n) is 7.97. The number of nitrogens with zero attached hydrogens (tertiary/aromatic N) is 3. The molecule has 0 fully saturated rings. The Bertz CT molecular complexity index is 308. The van der Waals surface area contributed by atoms with Crippen LogP contribution < -0.4 is 5.12 Å². The van der Waals surface area contributed by atoms with Gasteiger partial charge in [0.05, 0.1) is 5.69 Å². The zero-order chi connectivity index (χ0) is 10.2. The van der Waals surface area contributed by atoms with Crippen LogP contribution in [0.5, 0.6) is 0 Å². The van der Waals surface area contributed by atoms with Gasteiger partial charge in [-0.2, -0.15) is 15.3 Å². The third-order valence-electron chi connectivity index (χ3n) is 1.47. The van der Waals surface area contributed by atoms with Crippen LogP contribution in [-0.4, -0.2) is 17.8 Å². The highest BCUT2D eigenvalue weighted by Crippen LogP contribution is 2.13. The number of halogens is 1.